The smallest absolute Gasteiger partial charge is 0.116 e. The Morgan fingerprint density at radius 2 is 1.69 bits per heavy atom. The molecule has 0 heterocycles. The minimum Gasteiger partial charge on any atom is -0.508 e. The highest BCUT2D eigenvalue weighted by Gasteiger charge is 1.94. The lowest BCUT2D eigenvalue weighted by molar-refractivity contribution is 0.476. The molecule has 1 radical (unpaired) electrons. The molecule has 2 rings (SSSR count). The van der Waals surface area contributed by atoms with Crippen LogP contribution in [0.2, 0.25) is 0 Å². The van der Waals surface area contributed by atoms with E-state index in [0.29, 0.717) is 0 Å². The first-order valence-corrected chi connectivity index (χ1v) is 4.07. The Morgan fingerprint density at radius 1 is 1.00 bits per heavy atom. The molecule has 1 nitrogen and oxygen atoms in total. The zero-order chi connectivity index (χ0) is 9.26. The quantitative estimate of drug-likeness (QED) is 0.695. The summed E-state index contributed by atoms with van der Waals surface area (Å²) >= 11 is 0. The summed E-state index contributed by atoms with van der Waals surface area (Å²) in [6, 6.07) is 11.1. The molecule has 0 unspecified atom stereocenters. The lowest BCUT2D eigenvalue weighted by Gasteiger charge is -1.99. The molecule has 0 amide bonds. The fourth-order valence-corrected chi connectivity index (χ4v) is 1.36. The van der Waals surface area contributed by atoms with Gasteiger partial charge < -0.3 is 5.11 Å². The maximum Gasteiger partial charge on any atom is 0.116 e. The number of rotatable bonds is 1. The third-order valence-electron chi connectivity index (χ3n) is 2.04. The second-order valence-corrected chi connectivity index (χ2v) is 2.96. The maximum absolute atomic E-state index is 9.22. The van der Waals surface area contributed by atoms with Crippen LogP contribution in [0.1, 0.15) is 5.56 Å². The van der Waals surface area contributed by atoms with Crippen molar-refractivity contribution in [2.45, 2.75) is 0 Å². The first-order chi connectivity index (χ1) is 6.29. The molecular weight excluding hydrogens is 160 g/mol. The van der Waals surface area contributed by atoms with E-state index in [2.05, 4.69) is 0 Å². The van der Waals surface area contributed by atoms with E-state index in [1.54, 1.807) is 18.2 Å². The van der Waals surface area contributed by atoms with E-state index in [1.807, 2.05) is 24.3 Å². The number of benzene rings is 2. The second kappa shape index (κ2) is 2.94. The van der Waals surface area contributed by atoms with Crippen molar-refractivity contribution in [1.82, 2.24) is 0 Å². The fourth-order valence-electron chi connectivity index (χ4n) is 1.36. The molecule has 63 valence electrons. The number of hydrogen-bond acceptors (Lipinski definition) is 1. The van der Waals surface area contributed by atoms with Crippen LogP contribution in [0, 0.1) is 6.58 Å². The van der Waals surface area contributed by atoms with E-state index >= 15 is 0 Å². The van der Waals surface area contributed by atoms with Crippen molar-refractivity contribution in [2.24, 2.45) is 0 Å². The Kier molecular flexibility index (Phi) is 1.78. The van der Waals surface area contributed by atoms with Crippen molar-refractivity contribution in [3.8, 4) is 5.75 Å². The van der Waals surface area contributed by atoms with Crippen molar-refractivity contribution >= 4 is 16.8 Å². The normalized spacial score (nSPS) is 10.2. The summed E-state index contributed by atoms with van der Waals surface area (Å²) in [4.78, 5) is 0. The topological polar surface area (TPSA) is 20.2 Å². The zero-order valence-corrected chi connectivity index (χ0v) is 7.07. The van der Waals surface area contributed by atoms with Gasteiger partial charge in [-0.25, -0.2) is 0 Å². The molecule has 2 aromatic rings. The van der Waals surface area contributed by atoms with Crippen LogP contribution in [0.25, 0.3) is 16.8 Å². The average Bonchev–Trinajstić information content (AvgIpc) is 2.17. The van der Waals surface area contributed by atoms with Crippen LogP contribution in [0.15, 0.2) is 36.4 Å². The van der Waals surface area contributed by atoms with Gasteiger partial charge in [-0.15, -0.1) is 0 Å². The molecule has 0 bridgehead atoms. The number of phenols is 1. The highest BCUT2D eigenvalue weighted by atomic mass is 16.3. The standard InChI is InChI=1S/C12H9O/c1-2-9-3-4-11-8-12(13)6-5-10(11)7-9/h1-8,13H. The summed E-state index contributed by atoms with van der Waals surface area (Å²) < 4.78 is 0. The van der Waals surface area contributed by atoms with Crippen LogP contribution in [0.3, 0.4) is 0 Å². The van der Waals surface area contributed by atoms with E-state index in [0.717, 1.165) is 16.3 Å². The molecule has 0 saturated heterocycles. The van der Waals surface area contributed by atoms with Crippen molar-refractivity contribution in [3.63, 3.8) is 0 Å². The largest absolute Gasteiger partial charge is 0.508 e. The lowest BCUT2D eigenvalue weighted by atomic mass is 10.1. The molecule has 0 aliphatic rings. The van der Waals surface area contributed by atoms with E-state index in [4.69, 9.17) is 6.58 Å². The van der Waals surface area contributed by atoms with Gasteiger partial charge in [0.25, 0.3) is 0 Å². The summed E-state index contributed by atoms with van der Waals surface area (Å²) in [5.74, 6) is 0.289. The van der Waals surface area contributed by atoms with Gasteiger partial charge in [0.1, 0.15) is 5.75 Å². The first-order valence-electron chi connectivity index (χ1n) is 4.07. The molecule has 0 aromatic heterocycles. The Balaban J connectivity index is 2.73. The number of aromatic hydroxyl groups is 1. The van der Waals surface area contributed by atoms with Crippen molar-refractivity contribution in [1.29, 1.82) is 0 Å². The lowest BCUT2D eigenvalue weighted by Crippen LogP contribution is -1.74. The van der Waals surface area contributed by atoms with Gasteiger partial charge in [0.15, 0.2) is 0 Å². The highest BCUT2D eigenvalue weighted by molar-refractivity contribution is 5.85. The predicted octanol–water partition coefficient (Wildman–Crippen LogP) is 2.99. The van der Waals surface area contributed by atoms with Gasteiger partial charge >= 0.3 is 0 Å². The van der Waals surface area contributed by atoms with Gasteiger partial charge in [0, 0.05) is 0 Å². The van der Waals surface area contributed by atoms with Crippen LogP contribution in [0.4, 0.5) is 0 Å². The average molecular weight is 169 g/mol. The third-order valence-corrected chi connectivity index (χ3v) is 2.04. The highest BCUT2D eigenvalue weighted by Crippen LogP contribution is 2.21. The molecule has 2 aromatic carbocycles. The van der Waals surface area contributed by atoms with Crippen LogP contribution < -0.4 is 0 Å². The summed E-state index contributed by atoms with van der Waals surface area (Å²) in [7, 11) is 0. The van der Waals surface area contributed by atoms with E-state index in [9.17, 15) is 5.11 Å². The molecule has 0 aliphatic heterocycles. The molecule has 1 heteroatoms. The van der Waals surface area contributed by atoms with Crippen molar-refractivity contribution in [2.75, 3.05) is 0 Å². The summed E-state index contributed by atoms with van der Waals surface area (Å²) in [5, 5.41) is 11.3. The van der Waals surface area contributed by atoms with Crippen molar-refractivity contribution < 1.29 is 5.11 Å². The molecule has 1 N–H and O–H groups in total. The van der Waals surface area contributed by atoms with Gasteiger partial charge in [-0.3, -0.25) is 0 Å². The number of fused-ring (bicyclic) bond motifs is 1. The first kappa shape index (κ1) is 7.87. The molecule has 0 spiro atoms. The van der Waals surface area contributed by atoms with Crippen molar-refractivity contribution in [3.05, 3.63) is 48.5 Å². The molecule has 0 aliphatic carbocycles. The Bertz CT molecular complexity index is 458. The maximum atomic E-state index is 9.22. The summed E-state index contributed by atoms with van der Waals surface area (Å²) in [5.41, 5.74) is 0.984. The third kappa shape index (κ3) is 1.41. The fraction of sp³-hybridized carbons (Fsp3) is 0. The second-order valence-electron chi connectivity index (χ2n) is 2.96. The molecular formula is C12H9O. The molecule has 0 atom stereocenters. The van der Waals surface area contributed by atoms with Crippen LogP contribution in [-0.4, -0.2) is 5.11 Å². The number of hydrogen-bond donors (Lipinski definition) is 1. The van der Waals surface area contributed by atoms with Gasteiger partial charge in [0.2, 0.25) is 0 Å². The van der Waals surface area contributed by atoms with Gasteiger partial charge in [-0.05, 0) is 34.5 Å². The molecule has 0 saturated carbocycles. The van der Waals surface area contributed by atoms with Crippen LogP contribution in [0.5, 0.6) is 5.75 Å². The van der Waals surface area contributed by atoms with E-state index in [-0.39, 0.29) is 5.75 Å². The van der Waals surface area contributed by atoms with Crippen LogP contribution >= 0.6 is 0 Å². The number of phenolic OH excluding ortho intramolecular Hbond substituents is 1. The predicted molar refractivity (Wildman–Crippen MR) is 54.4 cm³/mol. The Labute approximate surface area is 76.9 Å². The van der Waals surface area contributed by atoms with Gasteiger partial charge in [0.05, 0.1) is 0 Å². The summed E-state index contributed by atoms with van der Waals surface area (Å²) in [6.45, 7) is 5.40. The minimum atomic E-state index is 0.289. The Morgan fingerprint density at radius 3 is 2.46 bits per heavy atom. The van der Waals surface area contributed by atoms with Gasteiger partial charge in [-0.2, -0.15) is 0 Å². The zero-order valence-electron chi connectivity index (χ0n) is 7.07. The van der Waals surface area contributed by atoms with E-state index in [1.165, 1.54) is 0 Å². The monoisotopic (exact) mass is 169 g/mol. The SMILES string of the molecule is [CH]=Cc1ccc2cc(O)ccc2c1. The summed E-state index contributed by atoms with van der Waals surface area (Å²) in [6.07, 6.45) is 1.56. The molecule has 13 heavy (non-hydrogen) atoms. The minimum absolute atomic E-state index is 0.289. The Hall–Kier alpha value is -1.76. The van der Waals surface area contributed by atoms with E-state index < -0.39 is 0 Å². The molecule has 0 fully saturated rings. The van der Waals surface area contributed by atoms with Gasteiger partial charge in [-0.1, -0.05) is 30.9 Å². The van der Waals surface area contributed by atoms with Crippen LogP contribution in [-0.2, 0) is 0 Å².